The summed E-state index contributed by atoms with van der Waals surface area (Å²) >= 11 is -2.74. The van der Waals surface area contributed by atoms with Crippen molar-refractivity contribution in [1.82, 2.24) is 0 Å². The van der Waals surface area contributed by atoms with Gasteiger partial charge in [0, 0.05) is 0 Å². The normalized spacial score (nSPS) is 15.9. The van der Waals surface area contributed by atoms with Crippen molar-refractivity contribution in [2.75, 3.05) is 6.61 Å². The lowest BCUT2D eigenvalue weighted by Gasteiger charge is -2.01. The fourth-order valence-electron chi connectivity index (χ4n) is 0.200. The van der Waals surface area contributed by atoms with E-state index in [1.54, 1.807) is 0 Å². The first-order valence-corrected chi connectivity index (χ1v) is 3.23. The summed E-state index contributed by atoms with van der Waals surface area (Å²) in [5, 5.41) is 16.5. The molecule has 3 N–H and O–H groups in total. The van der Waals surface area contributed by atoms with E-state index in [9.17, 15) is 9.00 Å². The SMILES string of the molecule is O=C(OS(=O)O)C(O)CO. The number of hydrogen-bond acceptors (Lipinski definition) is 5. The van der Waals surface area contributed by atoms with Crippen LogP contribution in [0, 0.1) is 0 Å². The number of carbonyl (C=O) groups is 1. The van der Waals surface area contributed by atoms with E-state index >= 15 is 0 Å². The predicted molar refractivity (Wildman–Crippen MR) is 30.0 cm³/mol. The Bertz CT molecular complexity index is 144. The smallest absolute Gasteiger partial charge is 0.360 e. The van der Waals surface area contributed by atoms with Crippen LogP contribution in [0.2, 0.25) is 0 Å². The zero-order valence-corrected chi connectivity index (χ0v) is 5.58. The zero-order valence-electron chi connectivity index (χ0n) is 4.76. The number of rotatable bonds is 3. The molecule has 10 heavy (non-hydrogen) atoms. The second-order valence-corrected chi connectivity index (χ2v) is 1.92. The minimum atomic E-state index is -2.74. The highest BCUT2D eigenvalue weighted by Gasteiger charge is 2.17. The van der Waals surface area contributed by atoms with Crippen LogP contribution >= 0.6 is 0 Å². The van der Waals surface area contributed by atoms with E-state index in [1.807, 2.05) is 0 Å². The van der Waals surface area contributed by atoms with Crippen LogP contribution < -0.4 is 0 Å². The van der Waals surface area contributed by atoms with Crippen LogP contribution in [0.5, 0.6) is 0 Å². The standard InChI is InChI=1S/C3H6O6S/c4-1-2(5)3(6)9-10(7)8/h2,4-5H,1H2,(H,7,8). The molecular weight excluding hydrogens is 164 g/mol. The minimum absolute atomic E-state index is 0.837. The van der Waals surface area contributed by atoms with Gasteiger partial charge >= 0.3 is 17.3 Å². The fourth-order valence-corrected chi connectivity index (χ4v) is 0.452. The first kappa shape index (κ1) is 9.50. The third-order valence-electron chi connectivity index (χ3n) is 0.598. The summed E-state index contributed by atoms with van der Waals surface area (Å²) < 4.78 is 21.2. The number of aliphatic hydroxyl groups excluding tert-OH is 2. The number of carbonyl (C=O) groups excluding carboxylic acids is 1. The van der Waals surface area contributed by atoms with Gasteiger partial charge < -0.3 is 14.4 Å². The highest BCUT2D eigenvalue weighted by atomic mass is 32.2. The molecule has 0 aliphatic heterocycles. The Morgan fingerprint density at radius 2 is 2.20 bits per heavy atom. The summed E-state index contributed by atoms with van der Waals surface area (Å²) in [4.78, 5) is 10.2. The van der Waals surface area contributed by atoms with Gasteiger partial charge in [-0.05, 0) is 0 Å². The van der Waals surface area contributed by atoms with Crippen molar-refractivity contribution < 1.29 is 28.0 Å². The molecule has 0 aliphatic rings. The van der Waals surface area contributed by atoms with Crippen LogP contribution in [0.25, 0.3) is 0 Å². The Hall–Kier alpha value is -0.500. The molecule has 0 rings (SSSR count). The Morgan fingerprint density at radius 1 is 1.70 bits per heavy atom. The maximum Gasteiger partial charge on any atom is 0.360 e. The first-order chi connectivity index (χ1) is 4.57. The largest absolute Gasteiger partial charge is 0.393 e. The van der Waals surface area contributed by atoms with Crippen LogP contribution in [0.15, 0.2) is 0 Å². The lowest BCUT2D eigenvalue weighted by molar-refractivity contribution is -0.145. The van der Waals surface area contributed by atoms with E-state index in [4.69, 9.17) is 14.8 Å². The lowest BCUT2D eigenvalue weighted by Crippen LogP contribution is -2.26. The summed E-state index contributed by atoms with van der Waals surface area (Å²) in [6.07, 6.45) is -1.75. The molecule has 0 bridgehead atoms. The summed E-state index contributed by atoms with van der Waals surface area (Å²) in [6, 6.07) is 0. The van der Waals surface area contributed by atoms with Gasteiger partial charge in [-0.1, -0.05) is 0 Å². The summed E-state index contributed by atoms with van der Waals surface area (Å²) in [5.41, 5.74) is 0. The Balaban J connectivity index is 3.73. The van der Waals surface area contributed by atoms with E-state index in [1.165, 1.54) is 0 Å². The van der Waals surface area contributed by atoms with E-state index in [0.29, 0.717) is 0 Å². The van der Waals surface area contributed by atoms with Crippen LogP contribution in [-0.2, 0) is 20.3 Å². The average molecular weight is 170 g/mol. The first-order valence-electron chi connectivity index (χ1n) is 2.20. The highest BCUT2D eigenvalue weighted by molar-refractivity contribution is 7.74. The van der Waals surface area contributed by atoms with Gasteiger partial charge in [0.05, 0.1) is 6.61 Å². The van der Waals surface area contributed by atoms with Crippen molar-refractivity contribution in [3.8, 4) is 0 Å². The molecule has 0 heterocycles. The second kappa shape index (κ2) is 4.34. The topological polar surface area (TPSA) is 104 Å². The average Bonchev–Trinajstić information content (AvgIpc) is 1.85. The Morgan fingerprint density at radius 3 is 2.50 bits per heavy atom. The third-order valence-corrected chi connectivity index (χ3v) is 0.905. The molecule has 0 spiro atoms. The maximum atomic E-state index is 10.2. The highest BCUT2D eigenvalue weighted by Crippen LogP contribution is 1.88. The monoisotopic (exact) mass is 170 g/mol. The van der Waals surface area contributed by atoms with Crippen LogP contribution in [0.1, 0.15) is 0 Å². The van der Waals surface area contributed by atoms with Gasteiger partial charge in [0.15, 0.2) is 6.10 Å². The predicted octanol–water partition coefficient (Wildman–Crippen LogP) is -1.98. The van der Waals surface area contributed by atoms with Gasteiger partial charge in [-0.2, -0.15) is 4.21 Å². The Kier molecular flexibility index (Phi) is 4.12. The van der Waals surface area contributed by atoms with Crippen molar-refractivity contribution in [1.29, 1.82) is 0 Å². The van der Waals surface area contributed by atoms with Crippen LogP contribution in [-0.4, -0.2) is 37.7 Å². The van der Waals surface area contributed by atoms with Crippen molar-refractivity contribution in [2.45, 2.75) is 6.10 Å². The van der Waals surface area contributed by atoms with Gasteiger partial charge in [-0.3, -0.25) is 4.55 Å². The molecule has 2 atom stereocenters. The molecule has 0 aromatic heterocycles. The molecule has 0 saturated heterocycles. The molecule has 60 valence electrons. The summed E-state index contributed by atoms with van der Waals surface area (Å²) in [7, 11) is 0. The zero-order chi connectivity index (χ0) is 8.15. The van der Waals surface area contributed by atoms with Crippen molar-refractivity contribution in [2.24, 2.45) is 0 Å². The van der Waals surface area contributed by atoms with E-state index in [2.05, 4.69) is 4.18 Å². The molecule has 7 heteroatoms. The third kappa shape index (κ3) is 3.51. The molecule has 0 aliphatic carbocycles. The fraction of sp³-hybridized carbons (Fsp3) is 0.667. The summed E-state index contributed by atoms with van der Waals surface area (Å²) in [5.74, 6) is -1.33. The minimum Gasteiger partial charge on any atom is -0.393 e. The number of hydrogen-bond donors (Lipinski definition) is 3. The van der Waals surface area contributed by atoms with Crippen LogP contribution in [0.4, 0.5) is 0 Å². The molecule has 2 unspecified atom stereocenters. The van der Waals surface area contributed by atoms with Gasteiger partial charge in [-0.15, -0.1) is 0 Å². The van der Waals surface area contributed by atoms with Crippen LogP contribution in [0.3, 0.4) is 0 Å². The molecule has 0 radical (unpaired) electrons. The quantitative estimate of drug-likeness (QED) is 0.424. The molecule has 0 aromatic rings. The molecule has 6 nitrogen and oxygen atoms in total. The van der Waals surface area contributed by atoms with Gasteiger partial charge in [0.25, 0.3) is 0 Å². The van der Waals surface area contributed by atoms with Gasteiger partial charge in [-0.25, -0.2) is 4.79 Å². The lowest BCUT2D eigenvalue weighted by atomic mass is 10.4. The molecular formula is C3H6O6S. The van der Waals surface area contributed by atoms with E-state index < -0.39 is 30.0 Å². The Labute approximate surface area is 58.9 Å². The summed E-state index contributed by atoms with van der Waals surface area (Å²) in [6.45, 7) is -0.837. The maximum absolute atomic E-state index is 10.2. The molecule has 0 saturated carbocycles. The van der Waals surface area contributed by atoms with E-state index in [-0.39, 0.29) is 0 Å². The molecule has 0 aromatic carbocycles. The van der Waals surface area contributed by atoms with Gasteiger partial charge in [0.2, 0.25) is 0 Å². The molecule has 0 amide bonds. The van der Waals surface area contributed by atoms with Crippen molar-refractivity contribution in [3.05, 3.63) is 0 Å². The molecule has 0 fully saturated rings. The van der Waals surface area contributed by atoms with Crippen molar-refractivity contribution >= 4 is 17.3 Å². The second-order valence-electron chi connectivity index (χ2n) is 1.32. The number of aliphatic hydroxyl groups is 2. The van der Waals surface area contributed by atoms with Gasteiger partial charge in [0.1, 0.15) is 0 Å². The van der Waals surface area contributed by atoms with E-state index in [0.717, 1.165) is 0 Å². The van der Waals surface area contributed by atoms with Crippen molar-refractivity contribution in [3.63, 3.8) is 0 Å².